The van der Waals surface area contributed by atoms with Gasteiger partial charge in [0.15, 0.2) is 0 Å². The van der Waals surface area contributed by atoms with Gasteiger partial charge in [-0.2, -0.15) is 0 Å². The summed E-state index contributed by atoms with van der Waals surface area (Å²) in [6, 6.07) is 8.13. The van der Waals surface area contributed by atoms with E-state index in [-0.39, 0.29) is 11.8 Å². The second-order valence-electron chi connectivity index (χ2n) is 4.59. The summed E-state index contributed by atoms with van der Waals surface area (Å²) >= 11 is 0. The molecule has 0 aliphatic heterocycles. The molecule has 1 amide bonds. The summed E-state index contributed by atoms with van der Waals surface area (Å²) in [5.74, 6) is -0.399. The first-order valence-corrected chi connectivity index (χ1v) is 6.03. The van der Waals surface area contributed by atoms with Crippen LogP contribution >= 0.6 is 0 Å². The van der Waals surface area contributed by atoms with Crippen molar-refractivity contribution in [3.05, 3.63) is 35.9 Å². The molecule has 0 aliphatic carbocycles. The minimum absolute atomic E-state index is 0.274. The Hall–Kier alpha value is -1.84. The van der Waals surface area contributed by atoms with Crippen LogP contribution in [0.4, 0.5) is 0 Å². The van der Waals surface area contributed by atoms with Gasteiger partial charge in [0.25, 0.3) is 5.91 Å². The molecular weight excluding hydrogens is 230 g/mol. The molecule has 0 unspecified atom stereocenters. The Balaban J connectivity index is 2.47. The molecule has 0 saturated carbocycles. The molecular formula is C14H19NO3. The summed E-state index contributed by atoms with van der Waals surface area (Å²) in [5, 5.41) is 2.61. The second kappa shape index (κ2) is 6.79. The highest BCUT2D eigenvalue weighted by molar-refractivity contribution is 5.96. The number of benzene rings is 1. The number of esters is 1. The summed E-state index contributed by atoms with van der Waals surface area (Å²) in [5.41, 5.74) is 0.529. The fourth-order valence-electron chi connectivity index (χ4n) is 1.30. The summed E-state index contributed by atoms with van der Waals surface area (Å²) in [6.07, 6.45) is 0. The van der Waals surface area contributed by atoms with Crippen LogP contribution in [0.5, 0.6) is 0 Å². The third-order valence-electron chi connectivity index (χ3n) is 2.30. The average Bonchev–Trinajstić information content (AvgIpc) is 2.36. The molecule has 98 valence electrons. The number of carbonyl (C=O) groups excluding carboxylic acids is 2. The fraction of sp³-hybridized carbons (Fsp3) is 0.429. The first-order chi connectivity index (χ1) is 8.50. The third kappa shape index (κ3) is 4.57. The second-order valence-corrected chi connectivity index (χ2v) is 4.59. The normalized spacial score (nSPS) is 12.0. The molecule has 4 heteroatoms. The number of carbonyl (C=O) groups is 2. The predicted molar refractivity (Wildman–Crippen MR) is 69.2 cm³/mol. The SMILES string of the molecule is CC(C)COC(=O)[C@@H](C)NC(=O)c1ccccc1. The number of rotatable bonds is 5. The van der Waals surface area contributed by atoms with Crippen molar-refractivity contribution < 1.29 is 14.3 Å². The Bertz CT molecular complexity index is 401. The lowest BCUT2D eigenvalue weighted by atomic mass is 10.2. The Morgan fingerprint density at radius 2 is 1.78 bits per heavy atom. The molecule has 4 nitrogen and oxygen atoms in total. The third-order valence-corrected chi connectivity index (χ3v) is 2.30. The van der Waals surface area contributed by atoms with Crippen LogP contribution in [0.15, 0.2) is 30.3 Å². The predicted octanol–water partition coefficient (Wildman–Crippen LogP) is 2.00. The van der Waals surface area contributed by atoms with Gasteiger partial charge >= 0.3 is 5.97 Å². The monoisotopic (exact) mass is 249 g/mol. The van der Waals surface area contributed by atoms with Crippen molar-refractivity contribution in [3.63, 3.8) is 0 Å². The Labute approximate surface area is 107 Å². The van der Waals surface area contributed by atoms with E-state index in [0.29, 0.717) is 12.2 Å². The topological polar surface area (TPSA) is 55.4 Å². The van der Waals surface area contributed by atoms with Crippen LogP contribution in [-0.4, -0.2) is 24.5 Å². The highest BCUT2D eigenvalue weighted by Gasteiger charge is 2.17. The lowest BCUT2D eigenvalue weighted by Gasteiger charge is -2.14. The first kappa shape index (κ1) is 14.2. The van der Waals surface area contributed by atoms with Crippen LogP contribution in [0, 0.1) is 5.92 Å². The van der Waals surface area contributed by atoms with E-state index >= 15 is 0 Å². The van der Waals surface area contributed by atoms with E-state index in [1.54, 1.807) is 31.2 Å². The van der Waals surface area contributed by atoms with Crippen molar-refractivity contribution >= 4 is 11.9 Å². The Morgan fingerprint density at radius 1 is 1.17 bits per heavy atom. The van der Waals surface area contributed by atoms with Gasteiger partial charge in [0, 0.05) is 5.56 Å². The minimum atomic E-state index is -0.642. The molecule has 1 N–H and O–H groups in total. The molecule has 0 bridgehead atoms. The van der Waals surface area contributed by atoms with Gasteiger partial charge in [-0.05, 0) is 25.0 Å². The highest BCUT2D eigenvalue weighted by Crippen LogP contribution is 2.00. The van der Waals surface area contributed by atoms with Crippen molar-refractivity contribution in [2.45, 2.75) is 26.8 Å². The molecule has 1 aromatic carbocycles. The average molecular weight is 249 g/mol. The molecule has 18 heavy (non-hydrogen) atoms. The smallest absolute Gasteiger partial charge is 0.328 e. The zero-order valence-corrected chi connectivity index (χ0v) is 11.0. The van der Waals surface area contributed by atoms with E-state index in [1.807, 2.05) is 19.9 Å². The van der Waals surface area contributed by atoms with Crippen molar-refractivity contribution in [1.29, 1.82) is 0 Å². The molecule has 0 aliphatic rings. The van der Waals surface area contributed by atoms with Gasteiger partial charge in [-0.15, -0.1) is 0 Å². The maximum absolute atomic E-state index is 11.8. The fourth-order valence-corrected chi connectivity index (χ4v) is 1.30. The number of hydrogen-bond acceptors (Lipinski definition) is 3. The van der Waals surface area contributed by atoms with Gasteiger partial charge in [0.1, 0.15) is 6.04 Å². The summed E-state index contributed by atoms with van der Waals surface area (Å²) in [7, 11) is 0. The van der Waals surface area contributed by atoms with Gasteiger partial charge in [-0.1, -0.05) is 32.0 Å². The van der Waals surface area contributed by atoms with Crippen LogP contribution in [0.2, 0.25) is 0 Å². The lowest BCUT2D eigenvalue weighted by molar-refractivity contribution is -0.146. The minimum Gasteiger partial charge on any atom is -0.464 e. The van der Waals surface area contributed by atoms with Crippen LogP contribution < -0.4 is 5.32 Å². The summed E-state index contributed by atoms with van der Waals surface area (Å²) in [6.45, 7) is 5.90. The van der Waals surface area contributed by atoms with Gasteiger partial charge < -0.3 is 10.1 Å². The van der Waals surface area contributed by atoms with Gasteiger partial charge in [0.05, 0.1) is 6.61 Å². The number of nitrogens with one attached hydrogen (secondary N) is 1. The Morgan fingerprint density at radius 3 is 2.33 bits per heavy atom. The quantitative estimate of drug-likeness (QED) is 0.812. The Kier molecular flexibility index (Phi) is 5.36. The van der Waals surface area contributed by atoms with Crippen LogP contribution in [0.3, 0.4) is 0 Å². The van der Waals surface area contributed by atoms with E-state index in [0.717, 1.165) is 0 Å². The van der Waals surface area contributed by atoms with E-state index in [2.05, 4.69) is 5.32 Å². The molecule has 0 aromatic heterocycles. The van der Waals surface area contributed by atoms with Gasteiger partial charge in [-0.3, -0.25) is 4.79 Å². The summed E-state index contributed by atoms with van der Waals surface area (Å²) in [4.78, 5) is 23.4. The highest BCUT2D eigenvalue weighted by atomic mass is 16.5. The maximum Gasteiger partial charge on any atom is 0.328 e. The zero-order chi connectivity index (χ0) is 13.5. The molecule has 0 heterocycles. The van der Waals surface area contributed by atoms with E-state index < -0.39 is 12.0 Å². The molecule has 0 saturated heterocycles. The number of amides is 1. The van der Waals surface area contributed by atoms with Gasteiger partial charge in [0.2, 0.25) is 0 Å². The standard InChI is InChI=1S/C14H19NO3/c1-10(2)9-18-14(17)11(3)15-13(16)12-7-5-4-6-8-12/h4-8,10-11H,9H2,1-3H3,(H,15,16)/t11-/m1/s1. The molecule has 1 aromatic rings. The lowest BCUT2D eigenvalue weighted by Crippen LogP contribution is -2.39. The van der Waals surface area contributed by atoms with Crippen LogP contribution in [0.25, 0.3) is 0 Å². The molecule has 0 fully saturated rings. The largest absolute Gasteiger partial charge is 0.464 e. The van der Waals surface area contributed by atoms with Crippen LogP contribution in [-0.2, 0) is 9.53 Å². The van der Waals surface area contributed by atoms with Crippen molar-refractivity contribution in [2.24, 2.45) is 5.92 Å². The number of hydrogen-bond donors (Lipinski definition) is 1. The maximum atomic E-state index is 11.8. The summed E-state index contributed by atoms with van der Waals surface area (Å²) < 4.78 is 5.05. The molecule has 0 spiro atoms. The first-order valence-electron chi connectivity index (χ1n) is 6.03. The van der Waals surface area contributed by atoms with E-state index in [1.165, 1.54) is 0 Å². The van der Waals surface area contributed by atoms with E-state index in [9.17, 15) is 9.59 Å². The van der Waals surface area contributed by atoms with Gasteiger partial charge in [-0.25, -0.2) is 4.79 Å². The van der Waals surface area contributed by atoms with Crippen molar-refractivity contribution in [2.75, 3.05) is 6.61 Å². The van der Waals surface area contributed by atoms with E-state index in [4.69, 9.17) is 4.74 Å². The van der Waals surface area contributed by atoms with Crippen LogP contribution in [0.1, 0.15) is 31.1 Å². The number of ether oxygens (including phenoxy) is 1. The molecule has 0 radical (unpaired) electrons. The zero-order valence-electron chi connectivity index (χ0n) is 11.0. The molecule has 1 atom stereocenters. The molecule has 1 rings (SSSR count). The van der Waals surface area contributed by atoms with Crippen molar-refractivity contribution in [1.82, 2.24) is 5.32 Å². The van der Waals surface area contributed by atoms with Crippen molar-refractivity contribution in [3.8, 4) is 0 Å².